The molecule has 0 rings (SSSR count). The minimum absolute atomic E-state index is 0. The third kappa shape index (κ3) is 2690. The van der Waals surface area contributed by atoms with Gasteiger partial charge in [-0.25, -0.2) is 0 Å². The molecule has 0 aliphatic carbocycles. The summed E-state index contributed by atoms with van der Waals surface area (Å²) in [6.45, 7) is 0. The molecule has 0 unspecified atom stereocenters. The van der Waals surface area contributed by atoms with Crippen LogP contribution in [0.5, 0.6) is 0 Å². The molecule has 0 radical (unpaired) electrons. The van der Waals surface area contributed by atoms with Gasteiger partial charge in [-0.2, -0.15) is 0 Å². The summed E-state index contributed by atoms with van der Waals surface area (Å²) in [6, 6.07) is 0. The van der Waals surface area contributed by atoms with E-state index in [4.69, 9.17) is 0 Å². The quantitative estimate of drug-likeness (QED) is 0.286. The van der Waals surface area contributed by atoms with Gasteiger partial charge in [0.15, 0.2) is 0 Å². The maximum atomic E-state index is 2.12. The van der Waals surface area contributed by atoms with Gasteiger partial charge in [0.05, 0.1) is 28.2 Å². The van der Waals surface area contributed by atoms with Gasteiger partial charge >= 0.3 is 0 Å². The number of halogens is 1. The molecule has 0 saturated heterocycles. The zero-order valence-corrected chi connectivity index (χ0v) is 4.83. The lowest BCUT2D eigenvalue weighted by atomic mass is 10.8. The molecule has 6 heavy (non-hydrogen) atoms. The Morgan fingerprint density at radius 2 is 0.833 bits per heavy atom. The molecule has 0 bridgehead atoms. The predicted molar refractivity (Wildman–Crippen MR) is 24.0 cm³/mol. The summed E-state index contributed by atoms with van der Waals surface area (Å²) in [5.74, 6) is 0. The second-order valence-electron chi connectivity index (χ2n) is 2.68. The Morgan fingerprint density at radius 1 is 0.833 bits per heavy atom. The van der Waals surface area contributed by atoms with Crippen molar-refractivity contribution >= 4 is 0 Å². The van der Waals surface area contributed by atoms with Crippen LogP contribution in [-0.2, 0) is 0 Å². The summed E-state index contributed by atoms with van der Waals surface area (Å²) in [5, 5.41) is 0. The first-order valence-electron chi connectivity index (χ1n) is 1.79. The SMILES string of the molecule is C[N+](C)(C)C.[18F-]. The average Bonchev–Trinajstić information content (AvgIpc) is 0.722. The van der Waals surface area contributed by atoms with E-state index in [2.05, 4.69) is 28.2 Å². The van der Waals surface area contributed by atoms with Crippen LogP contribution in [0.2, 0.25) is 0 Å². The van der Waals surface area contributed by atoms with E-state index >= 15 is 0 Å². The second kappa shape index (κ2) is 2.13. The van der Waals surface area contributed by atoms with Gasteiger partial charge < -0.3 is 9.19 Å². The van der Waals surface area contributed by atoms with Gasteiger partial charge in [0.25, 0.3) is 0 Å². The largest absolute Gasteiger partial charge is 1.00 e. The molecule has 0 saturated carbocycles. The van der Waals surface area contributed by atoms with Crippen molar-refractivity contribution in [2.75, 3.05) is 28.2 Å². The second-order valence-corrected chi connectivity index (χ2v) is 2.68. The Hall–Kier alpha value is -0.110. The van der Waals surface area contributed by atoms with Crippen molar-refractivity contribution in [3.8, 4) is 0 Å². The average molecular weight is 92.1 g/mol. The molecule has 0 aromatic rings. The maximum absolute atomic E-state index is 2.12. The molecule has 0 spiro atoms. The summed E-state index contributed by atoms with van der Waals surface area (Å²) >= 11 is 0. The fraction of sp³-hybridized carbons (Fsp3) is 1.00. The van der Waals surface area contributed by atoms with Crippen LogP contribution in [0.1, 0.15) is 0 Å². The lowest BCUT2D eigenvalue weighted by Gasteiger charge is -2.14. The topological polar surface area (TPSA) is 0 Å². The van der Waals surface area contributed by atoms with Crippen molar-refractivity contribution in [3.05, 3.63) is 0 Å². The van der Waals surface area contributed by atoms with Gasteiger partial charge in [-0.05, 0) is 0 Å². The molecule has 0 aromatic heterocycles. The van der Waals surface area contributed by atoms with E-state index < -0.39 is 0 Å². The minimum atomic E-state index is 0. The zero-order valence-electron chi connectivity index (χ0n) is 4.83. The number of hydrogen-bond donors (Lipinski definition) is 0. The van der Waals surface area contributed by atoms with E-state index in [0.717, 1.165) is 4.48 Å². The first kappa shape index (κ1) is 9.31. The first-order valence-corrected chi connectivity index (χ1v) is 1.79. The fourth-order valence-electron chi connectivity index (χ4n) is 0. The molecule has 40 valence electrons. The van der Waals surface area contributed by atoms with Gasteiger partial charge in [0.1, 0.15) is 0 Å². The van der Waals surface area contributed by atoms with Crippen LogP contribution in [0.15, 0.2) is 0 Å². The third-order valence-corrected chi connectivity index (χ3v) is 0. The molecule has 0 aromatic carbocycles. The van der Waals surface area contributed by atoms with Gasteiger partial charge in [-0.3, -0.25) is 0 Å². The first-order chi connectivity index (χ1) is 2.00. The van der Waals surface area contributed by atoms with Crippen molar-refractivity contribution in [2.24, 2.45) is 0 Å². The van der Waals surface area contributed by atoms with Crippen LogP contribution >= 0.6 is 0 Å². The molecular formula is C4H12FN. The van der Waals surface area contributed by atoms with Crippen molar-refractivity contribution in [1.82, 2.24) is 0 Å². The van der Waals surface area contributed by atoms with E-state index in [1.165, 1.54) is 0 Å². The summed E-state index contributed by atoms with van der Waals surface area (Å²) in [6.07, 6.45) is 0. The Balaban J connectivity index is 0. The summed E-state index contributed by atoms with van der Waals surface area (Å²) in [7, 11) is 8.50. The minimum Gasteiger partial charge on any atom is -1.00 e. The molecule has 0 atom stereocenters. The highest BCUT2D eigenvalue weighted by atomic mass is 18.0. The van der Waals surface area contributed by atoms with Crippen LogP contribution < -0.4 is 4.70 Å². The van der Waals surface area contributed by atoms with Crippen molar-refractivity contribution < 1.29 is 9.19 Å². The van der Waals surface area contributed by atoms with E-state index in [1.54, 1.807) is 0 Å². The number of hydrogen-bond acceptors (Lipinski definition) is 0. The predicted octanol–water partition coefficient (Wildman–Crippen LogP) is -2.67. The molecule has 0 aliphatic rings. The summed E-state index contributed by atoms with van der Waals surface area (Å²) < 4.78 is 1.00. The third-order valence-electron chi connectivity index (χ3n) is 0. The Morgan fingerprint density at radius 3 is 0.833 bits per heavy atom. The molecule has 2 heteroatoms. The standard InChI is InChI=1S/C4H12N.FH/c1-5(2,3)4;/h1-4H3;1H/q+1;/p-1/i;1-1. The van der Waals surface area contributed by atoms with Gasteiger partial charge in [-0.1, -0.05) is 0 Å². The van der Waals surface area contributed by atoms with Crippen molar-refractivity contribution in [3.63, 3.8) is 0 Å². The van der Waals surface area contributed by atoms with Crippen LogP contribution in [0.3, 0.4) is 0 Å². The van der Waals surface area contributed by atoms with Crippen LogP contribution in [-0.4, -0.2) is 32.7 Å². The Kier molecular flexibility index (Phi) is 3.31. The molecule has 0 amide bonds. The number of quaternary nitrogens is 1. The molecule has 1 nitrogen and oxygen atoms in total. The number of nitrogens with zero attached hydrogens (tertiary/aromatic N) is 1. The van der Waals surface area contributed by atoms with Crippen LogP contribution in [0, 0.1) is 0 Å². The molecular weight excluding hydrogens is 80.1 g/mol. The monoisotopic (exact) mass is 92.1 g/mol. The van der Waals surface area contributed by atoms with Gasteiger partial charge in [-0.15, -0.1) is 0 Å². The fourth-order valence-corrected chi connectivity index (χ4v) is 0. The van der Waals surface area contributed by atoms with Crippen molar-refractivity contribution in [1.29, 1.82) is 0 Å². The molecule has 0 fully saturated rings. The zero-order chi connectivity index (χ0) is 4.50. The highest BCUT2D eigenvalue weighted by Gasteiger charge is 1.88. The van der Waals surface area contributed by atoms with Crippen LogP contribution in [0.25, 0.3) is 0 Å². The maximum Gasteiger partial charge on any atom is 0.0675 e. The van der Waals surface area contributed by atoms with Gasteiger partial charge in [0, 0.05) is 0 Å². The van der Waals surface area contributed by atoms with Crippen LogP contribution in [0.4, 0.5) is 0 Å². The highest BCUT2D eigenvalue weighted by Crippen LogP contribution is 1.73. The molecule has 0 aliphatic heterocycles. The van der Waals surface area contributed by atoms with Crippen molar-refractivity contribution in [2.45, 2.75) is 0 Å². The normalized spacial score (nSPS) is 10.0. The lowest BCUT2D eigenvalue weighted by molar-refractivity contribution is -0.849. The summed E-state index contributed by atoms with van der Waals surface area (Å²) in [5.41, 5.74) is 0. The highest BCUT2D eigenvalue weighted by molar-refractivity contribution is 3.87. The van der Waals surface area contributed by atoms with E-state index in [9.17, 15) is 0 Å². The molecule has 0 N–H and O–H groups in total. The molecule has 0 heterocycles. The van der Waals surface area contributed by atoms with E-state index in [-0.39, 0.29) is 4.70 Å². The van der Waals surface area contributed by atoms with E-state index in [0.29, 0.717) is 0 Å². The van der Waals surface area contributed by atoms with E-state index in [1.807, 2.05) is 0 Å². The smallest absolute Gasteiger partial charge is 0.0675 e. The Bertz CT molecular complexity index is 23.0. The Labute approximate surface area is 38.5 Å². The lowest BCUT2D eigenvalue weighted by Crippen LogP contribution is -3.00. The van der Waals surface area contributed by atoms with Gasteiger partial charge in [0.2, 0.25) is 0 Å². The summed E-state index contributed by atoms with van der Waals surface area (Å²) in [4.78, 5) is 0. The number of rotatable bonds is 0.